The van der Waals surface area contributed by atoms with Crippen LogP contribution in [0.4, 0.5) is 14.5 Å². The first-order valence-corrected chi connectivity index (χ1v) is 3.89. The van der Waals surface area contributed by atoms with Crippen molar-refractivity contribution in [1.29, 1.82) is 0 Å². The van der Waals surface area contributed by atoms with Crippen LogP contribution in [-0.4, -0.2) is 13.1 Å². The van der Waals surface area contributed by atoms with E-state index in [0.29, 0.717) is 0 Å². The van der Waals surface area contributed by atoms with Gasteiger partial charge in [-0.3, -0.25) is 0 Å². The molecule has 0 aliphatic carbocycles. The maximum Gasteiger partial charge on any atom is 0.384 e. The van der Waals surface area contributed by atoms with Crippen molar-refractivity contribution in [3.8, 4) is 11.8 Å². The number of esters is 1. The van der Waals surface area contributed by atoms with E-state index in [1.165, 1.54) is 0 Å². The molecular formula is C10H7F2NO2. The Balaban J connectivity index is 3.09. The van der Waals surface area contributed by atoms with E-state index < -0.39 is 17.6 Å². The molecule has 0 saturated carbocycles. The number of nitrogens with two attached hydrogens (primary N) is 1. The highest BCUT2D eigenvalue weighted by atomic mass is 19.2. The molecular weight excluding hydrogens is 204 g/mol. The second-order valence-electron chi connectivity index (χ2n) is 2.60. The molecule has 0 unspecified atom stereocenters. The number of ether oxygens (including phenoxy) is 1. The normalized spacial score (nSPS) is 9.00. The molecule has 0 aliphatic rings. The highest BCUT2D eigenvalue weighted by Gasteiger charge is 2.05. The molecule has 0 bridgehead atoms. The summed E-state index contributed by atoms with van der Waals surface area (Å²) in [7, 11) is 1.16. The van der Waals surface area contributed by atoms with Crippen molar-refractivity contribution in [2.75, 3.05) is 12.8 Å². The summed E-state index contributed by atoms with van der Waals surface area (Å²) in [5.74, 6) is 1.42. The maximum absolute atomic E-state index is 12.8. The summed E-state index contributed by atoms with van der Waals surface area (Å²) in [6.45, 7) is 0. The zero-order valence-corrected chi connectivity index (χ0v) is 7.80. The quantitative estimate of drug-likeness (QED) is 0.396. The molecule has 5 heteroatoms. The van der Waals surface area contributed by atoms with Crippen molar-refractivity contribution < 1.29 is 18.3 Å². The zero-order valence-electron chi connectivity index (χ0n) is 7.80. The summed E-state index contributed by atoms with van der Waals surface area (Å²) < 4.78 is 29.6. The van der Waals surface area contributed by atoms with Gasteiger partial charge < -0.3 is 10.5 Å². The molecule has 2 N–H and O–H groups in total. The third kappa shape index (κ3) is 2.68. The van der Waals surface area contributed by atoms with Crippen LogP contribution in [0.5, 0.6) is 0 Å². The lowest BCUT2D eigenvalue weighted by Crippen LogP contribution is -1.97. The van der Waals surface area contributed by atoms with E-state index >= 15 is 0 Å². The van der Waals surface area contributed by atoms with Gasteiger partial charge in [0.2, 0.25) is 0 Å². The Hall–Kier alpha value is -2.09. The fourth-order valence-electron chi connectivity index (χ4n) is 0.840. The summed E-state index contributed by atoms with van der Waals surface area (Å²) in [6.07, 6.45) is 0. The van der Waals surface area contributed by atoms with Crippen molar-refractivity contribution in [3.05, 3.63) is 29.3 Å². The number of nitrogen functional groups attached to an aromatic ring is 1. The second kappa shape index (κ2) is 4.42. The Morgan fingerprint density at radius 1 is 1.40 bits per heavy atom. The Bertz CT molecular complexity index is 460. The standard InChI is InChI=1S/C10H7F2NO2/c1-15-10(14)3-2-6-4-7(11)8(12)5-9(6)13/h4-5H,13H2,1H3. The topological polar surface area (TPSA) is 52.3 Å². The van der Waals surface area contributed by atoms with Crippen LogP contribution in [0, 0.1) is 23.5 Å². The third-order valence-corrected chi connectivity index (χ3v) is 1.58. The van der Waals surface area contributed by atoms with E-state index in [2.05, 4.69) is 16.6 Å². The Morgan fingerprint density at radius 3 is 2.60 bits per heavy atom. The van der Waals surface area contributed by atoms with Gasteiger partial charge in [-0.15, -0.1) is 0 Å². The van der Waals surface area contributed by atoms with E-state index in [1.54, 1.807) is 0 Å². The molecule has 3 nitrogen and oxygen atoms in total. The van der Waals surface area contributed by atoms with Crippen molar-refractivity contribution in [2.45, 2.75) is 0 Å². The number of methoxy groups -OCH3 is 1. The molecule has 1 rings (SSSR count). The first kappa shape index (κ1) is 11.0. The van der Waals surface area contributed by atoms with Gasteiger partial charge in [0, 0.05) is 12.0 Å². The fraction of sp³-hybridized carbons (Fsp3) is 0.100. The maximum atomic E-state index is 12.8. The minimum atomic E-state index is -1.07. The van der Waals surface area contributed by atoms with Crippen LogP contribution in [0.2, 0.25) is 0 Å². The molecule has 1 aromatic carbocycles. The number of hydrogen-bond acceptors (Lipinski definition) is 3. The number of benzene rings is 1. The molecule has 1 aromatic rings. The van der Waals surface area contributed by atoms with E-state index in [4.69, 9.17) is 5.73 Å². The SMILES string of the molecule is COC(=O)C#Cc1cc(F)c(F)cc1N. The van der Waals surface area contributed by atoms with Crippen LogP contribution in [0.15, 0.2) is 12.1 Å². The number of carbonyl (C=O) groups is 1. The van der Waals surface area contributed by atoms with Gasteiger partial charge in [-0.25, -0.2) is 13.6 Å². The Labute approximate surface area is 84.8 Å². The monoisotopic (exact) mass is 211 g/mol. The summed E-state index contributed by atoms with van der Waals surface area (Å²) in [5.41, 5.74) is 5.36. The molecule has 0 amide bonds. The van der Waals surface area contributed by atoms with E-state index in [9.17, 15) is 13.6 Å². The van der Waals surface area contributed by atoms with Gasteiger partial charge in [0.05, 0.1) is 18.4 Å². The first-order valence-electron chi connectivity index (χ1n) is 3.89. The Kier molecular flexibility index (Phi) is 3.24. The van der Waals surface area contributed by atoms with Crippen LogP contribution in [0.1, 0.15) is 5.56 Å². The fourth-order valence-corrected chi connectivity index (χ4v) is 0.840. The molecule has 0 heterocycles. The van der Waals surface area contributed by atoms with Crippen molar-refractivity contribution >= 4 is 11.7 Å². The molecule has 0 aromatic heterocycles. The molecule has 15 heavy (non-hydrogen) atoms. The van der Waals surface area contributed by atoms with Gasteiger partial charge >= 0.3 is 5.97 Å². The van der Waals surface area contributed by atoms with Crippen LogP contribution in [0.25, 0.3) is 0 Å². The zero-order chi connectivity index (χ0) is 11.4. The Morgan fingerprint density at radius 2 is 2.00 bits per heavy atom. The van der Waals surface area contributed by atoms with Crippen molar-refractivity contribution in [3.63, 3.8) is 0 Å². The lowest BCUT2D eigenvalue weighted by molar-refractivity contribution is -0.133. The number of carbonyl (C=O) groups excluding carboxylic acids is 1. The minimum absolute atomic E-state index is 0.0368. The second-order valence-corrected chi connectivity index (χ2v) is 2.60. The number of hydrogen-bond donors (Lipinski definition) is 1. The molecule has 0 aliphatic heterocycles. The summed E-state index contributed by atoms with van der Waals surface area (Å²) in [4.78, 5) is 10.6. The van der Waals surface area contributed by atoms with Crippen LogP contribution in [-0.2, 0) is 9.53 Å². The largest absolute Gasteiger partial charge is 0.459 e. The third-order valence-electron chi connectivity index (χ3n) is 1.58. The van der Waals surface area contributed by atoms with E-state index in [0.717, 1.165) is 19.2 Å². The van der Waals surface area contributed by atoms with Crippen LogP contribution in [0.3, 0.4) is 0 Å². The highest BCUT2D eigenvalue weighted by Crippen LogP contribution is 2.15. The van der Waals surface area contributed by atoms with Crippen LogP contribution < -0.4 is 5.73 Å². The van der Waals surface area contributed by atoms with Gasteiger partial charge in [-0.1, -0.05) is 5.92 Å². The van der Waals surface area contributed by atoms with E-state index in [1.807, 2.05) is 0 Å². The lowest BCUT2D eigenvalue weighted by atomic mass is 10.2. The van der Waals surface area contributed by atoms with E-state index in [-0.39, 0.29) is 11.3 Å². The number of rotatable bonds is 0. The predicted octanol–water partition coefficient (Wildman–Crippen LogP) is 1.07. The van der Waals surface area contributed by atoms with Gasteiger partial charge in [0.1, 0.15) is 0 Å². The van der Waals surface area contributed by atoms with Crippen LogP contribution >= 0.6 is 0 Å². The number of anilines is 1. The number of halogens is 2. The molecule has 0 spiro atoms. The first-order chi connectivity index (χ1) is 7.04. The van der Waals surface area contributed by atoms with Gasteiger partial charge in [0.25, 0.3) is 0 Å². The summed E-state index contributed by atoms with van der Waals surface area (Å²) in [6, 6.07) is 1.62. The van der Waals surface area contributed by atoms with Gasteiger partial charge in [0.15, 0.2) is 11.6 Å². The van der Waals surface area contributed by atoms with Crippen molar-refractivity contribution in [1.82, 2.24) is 0 Å². The predicted molar refractivity (Wildman–Crippen MR) is 49.7 cm³/mol. The summed E-state index contributed by atoms with van der Waals surface area (Å²) >= 11 is 0. The molecule has 0 saturated heterocycles. The van der Waals surface area contributed by atoms with Gasteiger partial charge in [-0.05, 0) is 6.07 Å². The van der Waals surface area contributed by atoms with Crippen molar-refractivity contribution in [2.24, 2.45) is 0 Å². The smallest absolute Gasteiger partial charge is 0.384 e. The average Bonchev–Trinajstić information content (AvgIpc) is 2.21. The molecule has 0 radical (unpaired) electrons. The summed E-state index contributed by atoms with van der Waals surface area (Å²) in [5, 5.41) is 0. The molecule has 0 atom stereocenters. The average molecular weight is 211 g/mol. The molecule has 78 valence electrons. The lowest BCUT2D eigenvalue weighted by Gasteiger charge is -1.98. The minimum Gasteiger partial charge on any atom is -0.459 e. The highest BCUT2D eigenvalue weighted by molar-refractivity contribution is 5.89. The van der Waals surface area contributed by atoms with Gasteiger partial charge in [-0.2, -0.15) is 0 Å². The molecule has 0 fully saturated rings.